The molecule has 0 unspecified atom stereocenters. The third-order valence-corrected chi connectivity index (χ3v) is 6.75. The maximum absolute atomic E-state index is 12.7. The van der Waals surface area contributed by atoms with E-state index in [4.69, 9.17) is 0 Å². The van der Waals surface area contributed by atoms with Crippen LogP contribution in [0.3, 0.4) is 0 Å². The number of fused-ring (bicyclic) bond motifs is 1. The number of thiazole rings is 1. The Bertz CT molecular complexity index is 1320. The summed E-state index contributed by atoms with van der Waals surface area (Å²) in [6, 6.07) is 15.4. The van der Waals surface area contributed by atoms with Gasteiger partial charge in [-0.25, -0.2) is 9.97 Å². The van der Waals surface area contributed by atoms with Gasteiger partial charge in [0.25, 0.3) is 0 Å². The Kier molecular flexibility index (Phi) is 6.69. The molecule has 5 rings (SSSR count). The van der Waals surface area contributed by atoms with Gasteiger partial charge in [-0.05, 0) is 30.3 Å². The van der Waals surface area contributed by atoms with E-state index >= 15 is 0 Å². The van der Waals surface area contributed by atoms with Gasteiger partial charge in [-0.1, -0.05) is 24.3 Å². The number of nitrogens with zero attached hydrogens (tertiary/aromatic N) is 6. The van der Waals surface area contributed by atoms with E-state index in [9.17, 15) is 9.59 Å². The number of aromatic nitrogens is 3. The van der Waals surface area contributed by atoms with Gasteiger partial charge in [0.1, 0.15) is 5.65 Å². The lowest BCUT2D eigenvalue weighted by molar-refractivity contribution is -0.127. The zero-order valence-electron chi connectivity index (χ0n) is 19.4. The summed E-state index contributed by atoms with van der Waals surface area (Å²) in [7, 11) is 0. The molecule has 0 saturated carbocycles. The third-order valence-electron chi connectivity index (χ3n) is 5.91. The average molecular weight is 487 g/mol. The Morgan fingerprint density at radius 1 is 1.03 bits per heavy atom. The van der Waals surface area contributed by atoms with E-state index in [0.717, 1.165) is 36.7 Å². The summed E-state index contributed by atoms with van der Waals surface area (Å²) >= 11 is 1.37. The highest BCUT2D eigenvalue weighted by molar-refractivity contribution is 7.14. The Morgan fingerprint density at radius 2 is 1.80 bits per heavy atom. The molecule has 8 nitrogen and oxygen atoms in total. The van der Waals surface area contributed by atoms with Crippen molar-refractivity contribution in [2.45, 2.75) is 13.5 Å². The standard InChI is InChI=1S/C26H26N6O2S/c1-20(33)32(23-7-3-2-4-8-23)26-28-21(19-35-26)10-11-25(34)30-15-13-29(14-16-30)17-22-18-31-12-6-5-9-24(31)27-22/h2-12,18-19H,13-17H2,1H3/b11-10+. The van der Waals surface area contributed by atoms with Crippen LogP contribution in [0, 0.1) is 0 Å². The van der Waals surface area contributed by atoms with Crippen molar-refractivity contribution in [2.75, 3.05) is 31.1 Å². The molecule has 0 bridgehead atoms. The van der Waals surface area contributed by atoms with Crippen molar-refractivity contribution in [1.29, 1.82) is 0 Å². The van der Waals surface area contributed by atoms with E-state index in [2.05, 4.69) is 21.1 Å². The summed E-state index contributed by atoms with van der Waals surface area (Å²) in [5.41, 5.74) is 3.40. The van der Waals surface area contributed by atoms with Gasteiger partial charge in [-0.3, -0.25) is 19.4 Å². The van der Waals surface area contributed by atoms with Crippen molar-refractivity contribution in [3.05, 3.63) is 83.8 Å². The third kappa shape index (κ3) is 5.31. The van der Waals surface area contributed by atoms with Gasteiger partial charge in [0.05, 0.1) is 17.1 Å². The van der Waals surface area contributed by atoms with E-state index in [1.807, 2.05) is 69.4 Å². The van der Waals surface area contributed by atoms with Crippen molar-refractivity contribution >= 4 is 45.7 Å². The quantitative estimate of drug-likeness (QED) is 0.387. The first kappa shape index (κ1) is 22.9. The van der Waals surface area contributed by atoms with E-state index in [1.54, 1.807) is 17.1 Å². The minimum Gasteiger partial charge on any atom is -0.337 e. The van der Waals surface area contributed by atoms with E-state index in [0.29, 0.717) is 23.9 Å². The lowest BCUT2D eigenvalue weighted by Gasteiger charge is -2.33. The summed E-state index contributed by atoms with van der Waals surface area (Å²) in [5, 5.41) is 2.43. The summed E-state index contributed by atoms with van der Waals surface area (Å²) in [4.78, 5) is 39.9. The molecule has 4 aromatic rings. The van der Waals surface area contributed by atoms with Gasteiger partial charge >= 0.3 is 0 Å². The zero-order chi connectivity index (χ0) is 24.2. The number of para-hydroxylation sites is 1. The van der Waals surface area contributed by atoms with Crippen LogP contribution in [-0.4, -0.2) is 62.2 Å². The molecule has 3 aromatic heterocycles. The van der Waals surface area contributed by atoms with Crippen LogP contribution < -0.4 is 4.90 Å². The highest BCUT2D eigenvalue weighted by Crippen LogP contribution is 2.29. The molecule has 35 heavy (non-hydrogen) atoms. The van der Waals surface area contributed by atoms with Gasteiger partial charge in [0.2, 0.25) is 11.8 Å². The molecule has 4 heterocycles. The number of rotatable bonds is 6. The van der Waals surface area contributed by atoms with Crippen LogP contribution in [0.4, 0.5) is 10.8 Å². The van der Waals surface area contributed by atoms with Crippen molar-refractivity contribution in [3.8, 4) is 0 Å². The van der Waals surface area contributed by atoms with Crippen LogP contribution in [0.15, 0.2) is 72.4 Å². The SMILES string of the molecule is CC(=O)N(c1ccccc1)c1nc(/C=C/C(=O)N2CCN(Cc3cn4ccccc4n3)CC2)cs1. The molecule has 1 aromatic carbocycles. The fraction of sp³-hybridized carbons (Fsp3) is 0.231. The van der Waals surface area contributed by atoms with Crippen LogP contribution >= 0.6 is 11.3 Å². The van der Waals surface area contributed by atoms with Crippen LogP contribution in [0.5, 0.6) is 0 Å². The molecule has 1 aliphatic heterocycles. The van der Waals surface area contributed by atoms with E-state index < -0.39 is 0 Å². The highest BCUT2D eigenvalue weighted by Gasteiger charge is 2.21. The molecule has 1 saturated heterocycles. The minimum atomic E-state index is -0.112. The molecule has 9 heteroatoms. The molecule has 0 radical (unpaired) electrons. The second-order valence-electron chi connectivity index (χ2n) is 8.38. The average Bonchev–Trinajstić information content (AvgIpc) is 3.50. The van der Waals surface area contributed by atoms with Gasteiger partial charge in [-0.2, -0.15) is 0 Å². The van der Waals surface area contributed by atoms with Gasteiger partial charge in [0.15, 0.2) is 5.13 Å². The van der Waals surface area contributed by atoms with Crippen LogP contribution in [0.2, 0.25) is 0 Å². The lowest BCUT2D eigenvalue weighted by Crippen LogP contribution is -2.47. The number of hydrogen-bond donors (Lipinski definition) is 0. The summed E-state index contributed by atoms with van der Waals surface area (Å²) < 4.78 is 2.03. The number of benzene rings is 1. The van der Waals surface area contributed by atoms with Crippen LogP contribution in [0.25, 0.3) is 11.7 Å². The minimum absolute atomic E-state index is 0.0292. The summed E-state index contributed by atoms with van der Waals surface area (Å²) in [5.74, 6) is -0.142. The predicted molar refractivity (Wildman–Crippen MR) is 137 cm³/mol. The zero-order valence-corrected chi connectivity index (χ0v) is 20.3. The van der Waals surface area contributed by atoms with E-state index in [1.165, 1.54) is 18.3 Å². The maximum Gasteiger partial charge on any atom is 0.246 e. The molecule has 0 atom stereocenters. The van der Waals surface area contributed by atoms with Gasteiger partial charge in [0, 0.05) is 63.5 Å². The molecule has 2 amide bonds. The Labute approximate surface area is 207 Å². The number of carbonyl (C=O) groups excluding carboxylic acids is 2. The van der Waals surface area contributed by atoms with Crippen LogP contribution in [0.1, 0.15) is 18.3 Å². The van der Waals surface area contributed by atoms with Crippen LogP contribution in [-0.2, 0) is 16.1 Å². The number of imidazole rings is 1. The fourth-order valence-corrected chi connectivity index (χ4v) is 5.00. The molecule has 0 aliphatic carbocycles. The first-order chi connectivity index (χ1) is 17.1. The Morgan fingerprint density at radius 3 is 2.54 bits per heavy atom. The Balaban J connectivity index is 1.16. The first-order valence-corrected chi connectivity index (χ1v) is 12.4. The normalized spacial score (nSPS) is 14.6. The molecule has 0 spiro atoms. The molecular weight excluding hydrogens is 460 g/mol. The largest absolute Gasteiger partial charge is 0.337 e. The summed E-state index contributed by atoms with van der Waals surface area (Å²) in [6.07, 6.45) is 7.34. The van der Waals surface area contributed by atoms with Gasteiger partial charge in [-0.15, -0.1) is 11.3 Å². The molecular formula is C26H26N6O2S. The predicted octanol–water partition coefficient (Wildman–Crippen LogP) is 3.83. The van der Waals surface area contributed by atoms with Gasteiger partial charge < -0.3 is 9.30 Å². The fourth-order valence-electron chi connectivity index (χ4n) is 4.14. The van der Waals surface area contributed by atoms with Crippen molar-refractivity contribution in [1.82, 2.24) is 24.2 Å². The number of hydrogen-bond acceptors (Lipinski definition) is 6. The highest BCUT2D eigenvalue weighted by atomic mass is 32.1. The molecule has 1 aliphatic rings. The number of anilines is 2. The van der Waals surface area contributed by atoms with E-state index in [-0.39, 0.29) is 11.8 Å². The first-order valence-electron chi connectivity index (χ1n) is 11.5. The molecule has 178 valence electrons. The maximum atomic E-state index is 12.7. The topological polar surface area (TPSA) is 74.1 Å². The monoisotopic (exact) mass is 486 g/mol. The number of amides is 2. The number of pyridine rings is 1. The second kappa shape index (κ2) is 10.2. The molecule has 1 fully saturated rings. The number of carbonyl (C=O) groups is 2. The smallest absolute Gasteiger partial charge is 0.246 e. The number of piperazine rings is 1. The molecule has 0 N–H and O–H groups in total. The Hall–Kier alpha value is -3.82. The second-order valence-corrected chi connectivity index (χ2v) is 9.21. The summed E-state index contributed by atoms with van der Waals surface area (Å²) in [6.45, 7) is 5.24. The lowest BCUT2D eigenvalue weighted by atomic mass is 10.2. The van der Waals surface area contributed by atoms with Crippen molar-refractivity contribution in [2.24, 2.45) is 0 Å². The van der Waals surface area contributed by atoms with Crippen molar-refractivity contribution in [3.63, 3.8) is 0 Å². The van der Waals surface area contributed by atoms with Crippen molar-refractivity contribution < 1.29 is 9.59 Å².